The monoisotopic (exact) mass is 536 g/mol. The number of nitrogens with zero attached hydrogens (tertiary/aromatic N) is 2. The molecule has 0 atom stereocenters. The Morgan fingerprint density at radius 3 is 1.00 bits per heavy atom. The fourth-order valence-electron chi connectivity index (χ4n) is 1.94. The topological polar surface area (TPSA) is 17.8 Å². The maximum absolute atomic E-state index is 13.6. The number of rotatable bonds is 8. The van der Waals surface area contributed by atoms with Gasteiger partial charge in [-0.15, -0.1) is 0 Å². The second kappa shape index (κ2) is 7.19. The molecule has 1 rings (SSSR count). The Kier molecular flexibility index (Phi) is 6.30. The molecule has 0 saturated heterocycles. The van der Waals surface area contributed by atoms with Crippen LogP contribution < -0.4 is 0 Å². The second-order valence-corrected chi connectivity index (χ2v) is 6.03. The molecule has 0 radical (unpaired) electrons. The molecule has 2 nitrogen and oxygen atoms in total. The van der Waals surface area contributed by atoms with E-state index in [1.54, 1.807) is 0 Å². The van der Waals surface area contributed by atoms with Crippen molar-refractivity contribution in [1.29, 1.82) is 0 Å². The summed E-state index contributed by atoms with van der Waals surface area (Å²) in [5, 5.41) is 0. The van der Waals surface area contributed by atoms with Gasteiger partial charge in [0.15, 0.2) is 0 Å². The summed E-state index contributed by atoms with van der Waals surface area (Å²) in [7, 11) is 0. The maximum Gasteiger partial charge on any atom is 0.460 e. The zero-order chi connectivity index (χ0) is 26.9. The molecule has 33 heavy (non-hydrogen) atoms. The van der Waals surface area contributed by atoms with E-state index >= 15 is 0 Å². The highest BCUT2D eigenvalue weighted by Crippen LogP contribution is 2.65. The third-order valence-corrected chi connectivity index (χ3v) is 3.93. The number of alkyl halides is 19. The first-order valence-electron chi connectivity index (χ1n) is 7.18. The van der Waals surface area contributed by atoms with Crippen molar-refractivity contribution in [3.63, 3.8) is 0 Å². The normalized spacial score (nSPS) is 16.3. The van der Waals surface area contributed by atoms with Gasteiger partial charge in [-0.05, 0) is 0 Å². The van der Waals surface area contributed by atoms with Gasteiger partial charge in [0.25, 0.3) is 0 Å². The molecule has 0 bridgehead atoms. The van der Waals surface area contributed by atoms with Crippen LogP contribution in [0.3, 0.4) is 0 Å². The molecular formula is C12H3F19N2. The van der Waals surface area contributed by atoms with Crippen LogP contribution in [0.1, 0.15) is 0 Å². The molecular weight excluding hydrogens is 533 g/mol. The van der Waals surface area contributed by atoms with Gasteiger partial charge in [0.05, 0.1) is 6.33 Å². The molecule has 0 aliphatic rings. The summed E-state index contributed by atoms with van der Waals surface area (Å²) in [4.78, 5) is 2.58. The summed E-state index contributed by atoms with van der Waals surface area (Å²) in [5.41, 5.74) is 0. The predicted molar refractivity (Wildman–Crippen MR) is 63.1 cm³/mol. The molecule has 0 amide bonds. The minimum absolute atomic E-state index is 0.100. The van der Waals surface area contributed by atoms with Crippen LogP contribution >= 0.6 is 0 Å². The van der Waals surface area contributed by atoms with Crippen molar-refractivity contribution in [2.45, 2.75) is 53.7 Å². The molecule has 0 saturated carbocycles. The molecule has 0 aliphatic heterocycles. The minimum atomic E-state index is -8.92. The Morgan fingerprint density at radius 2 is 0.727 bits per heavy atom. The Hall–Kier alpha value is -2.12. The zero-order valence-corrected chi connectivity index (χ0v) is 14.3. The van der Waals surface area contributed by atoms with Gasteiger partial charge in [0, 0.05) is 12.4 Å². The smallest absolute Gasteiger partial charge is 0.272 e. The van der Waals surface area contributed by atoms with Gasteiger partial charge in [0.2, 0.25) is 0 Å². The average molecular weight is 536 g/mol. The quantitative estimate of drug-likeness (QED) is 0.350. The van der Waals surface area contributed by atoms with Crippen molar-refractivity contribution >= 4 is 0 Å². The van der Waals surface area contributed by atoms with Gasteiger partial charge in [-0.3, -0.25) is 4.57 Å². The molecule has 0 N–H and O–H groups in total. The Balaban J connectivity index is 3.74. The summed E-state index contributed by atoms with van der Waals surface area (Å²) in [6, 6.07) is -6.75. The van der Waals surface area contributed by atoms with Gasteiger partial charge in [-0.2, -0.15) is 83.4 Å². The Bertz CT molecular complexity index is 833. The van der Waals surface area contributed by atoms with Crippen LogP contribution in [-0.4, -0.2) is 57.2 Å². The lowest BCUT2D eigenvalue weighted by Crippen LogP contribution is -2.75. The van der Waals surface area contributed by atoms with Gasteiger partial charge in [-0.1, -0.05) is 0 Å². The van der Waals surface area contributed by atoms with Crippen molar-refractivity contribution in [3.8, 4) is 0 Å². The van der Waals surface area contributed by atoms with Crippen LogP contribution in [0.5, 0.6) is 0 Å². The number of hydrogen-bond donors (Lipinski definition) is 0. The van der Waals surface area contributed by atoms with Crippen molar-refractivity contribution < 1.29 is 83.4 Å². The van der Waals surface area contributed by atoms with E-state index < -0.39 is 64.6 Å². The first-order valence-corrected chi connectivity index (χ1v) is 7.18. The SMILES string of the molecule is FC(F)(F)C(F)(F)C(F)(F)C(F)(F)C(F)(F)C(F)(F)C(F)(F)C(F)(F)C(F)(F)n1ccnc1. The summed E-state index contributed by atoms with van der Waals surface area (Å²) >= 11 is 0. The third-order valence-electron chi connectivity index (χ3n) is 3.93. The second-order valence-electron chi connectivity index (χ2n) is 6.03. The van der Waals surface area contributed by atoms with Crippen LogP contribution in [0.25, 0.3) is 0 Å². The van der Waals surface area contributed by atoms with Crippen LogP contribution in [-0.2, 0) is 6.05 Å². The summed E-state index contributed by atoms with van der Waals surface area (Å²) in [6.07, 6.45) is -8.67. The standard InChI is InChI=1S/C12H3F19N2/c13-4(14,5(15,16)7(19,20)9(23,24)11(27,28)29)6(17,18)8(21,22)10(25,26)12(30,31)33-2-1-32-3-33/h1-3H. The third kappa shape index (κ3) is 3.38. The first-order chi connectivity index (χ1) is 14.1. The van der Waals surface area contributed by atoms with Crippen LogP contribution in [0.2, 0.25) is 0 Å². The number of halogens is 19. The van der Waals surface area contributed by atoms with E-state index in [0.29, 0.717) is 0 Å². The highest BCUT2D eigenvalue weighted by molar-refractivity contribution is 5.16. The van der Waals surface area contributed by atoms with E-state index in [4.69, 9.17) is 0 Å². The van der Waals surface area contributed by atoms with Crippen LogP contribution in [0, 0.1) is 0 Å². The fourth-order valence-corrected chi connectivity index (χ4v) is 1.94. The number of hydrogen-bond acceptors (Lipinski definition) is 1. The van der Waals surface area contributed by atoms with E-state index in [0.717, 1.165) is 0 Å². The van der Waals surface area contributed by atoms with Crippen LogP contribution in [0.15, 0.2) is 18.7 Å². The van der Waals surface area contributed by atoms with Crippen molar-refractivity contribution in [1.82, 2.24) is 9.55 Å². The van der Waals surface area contributed by atoms with Crippen molar-refractivity contribution in [3.05, 3.63) is 18.7 Å². The lowest BCUT2D eigenvalue weighted by molar-refractivity contribution is -0.472. The van der Waals surface area contributed by atoms with Crippen LogP contribution in [0.4, 0.5) is 83.4 Å². The molecule has 21 heteroatoms. The first kappa shape index (κ1) is 28.9. The Morgan fingerprint density at radius 1 is 0.424 bits per heavy atom. The Labute approximate surface area is 166 Å². The van der Waals surface area contributed by atoms with E-state index in [1.807, 2.05) is 0 Å². The largest absolute Gasteiger partial charge is 0.460 e. The van der Waals surface area contributed by atoms with E-state index in [-0.39, 0.29) is 12.4 Å². The summed E-state index contributed by atoms with van der Waals surface area (Å²) in [6.45, 7) is 0. The molecule has 0 unspecified atom stereocenters. The molecule has 0 aliphatic carbocycles. The molecule has 0 fully saturated rings. The molecule has 1 heterocycles. The molecule has 1 aromatic heterocycles. The predicted octanol–water partition coefficient (Wildman–Crippen LogP) is 6.44. The number of imidazole rings is 1. The van der Waals surface area contributed by atoms with Gasteiger partial charge in [-0.25, -0.2) is 4.98 Å². The van der Waals surface area contributed by atoms with Gasteiger partial charge < -0.3 is 0 Å². The summed E-state index contributed by atoms with van der Waals surface area (Å²) < 4.78 is 247. The van der Waals surface area contributed by atoms with Gasteiger partial charge >= 0.3 is 53.7 Å². The molecule has 0 spiro atoms. The number of aromatic nitrogens is 2. The van der Waals surface area contributed by atoms with E-state index in [2.05, 4.69) is 4.98 Å². The van der Waals surface area contributed by atoms with Crippen molar-refractivity contribution in [2.75, 3.05) is 0 Å². The highest BCUT2D eigenvalue weighted by Gasteiger charge is 2.96. The molecule has 194 valence electrons. The zero-order valence-electron chi connectivity index (χ0n) is 14.3. The average Bonchev–Trinajstić information content (AvgIpc) is 3.14. The molecule has 1 aromatic rings. The summed E-state index contributed by atoms with van der Waals surface area (Å²) in [5.74, 6) is -60.0. The fraction of sp³-hybridized carbons (Fsp3) is 0.750. The highest BCUT2D eigenvalue weighted by atomic mass is 19.4. The minimum Gasteiger partial charge on any atom is -0.272 e. The van der Waals surface area contributed by atoms with E-state index in [9.17, 15) is 83.4 Å². The molecule has 0 aromatic carbocycles. The van der Waals surface area contributed by atoms with Gasteiger partial charge in [0.1, 0.15) is 0 Å². The lowest BCUT2D eigenvalue weighted by atomic mass is 9.88. The van der Waals surface area contributed by atoms with Crippen molar-refractivity contribution in [2.24, 2.45) is 0 Å². The maximum atomic E-state index is 13.6. The van der Waals surface area contributed by atoms with E-state index in [1.165, 1.54) is 0 Å². The lowest BCUT2D eigenvalue weighted by Gasteiger charge is -2.43.